The van der Waals surface area contributed by atoms with Crippen LogP contribution in [0.3, 0.4) is 0 Å². The molecule has 0 radical (unpaired) electrons. The molecule has 0 aliphatic carbocycles. The number of hydrogen-bond acceptors (Lipinski definition) is 8. The molecule has 12 heteroatoms. The minimum Gasteiger partial charge on any atom is -0.465 e. The van der Waals surface area contributed by atoms with E-state index >= 15 is 0 Å². The van der Waals surface area contributed by atoms with Gasteiger partial charge in [-0.25, -0.2) is 18.4 Å². The molecule has 0 atom stereocenters. The number of benzene rings is 2. The Bertz CT molecular complexity index is 1460. The molecule has 0 spiro atoms. The second kappa shape index (κ2) is 13.3. The first kappa shape index (κ1) is 29.6. The second-order valence-electron chi connectivity index (χ2n) is 8.65. The Morgan fingerprint density at radius 1 is 0.659 bits per heavy atom. The zero-order valence-electron chi connectivity index (χ0n) is 21.9. The van der Waals surface area contributed by atoms with E-state index in [-0.39, 0.29) is 40.4 Å². The Morgan fingerprint density at radius 2 is 1.02 bits per heavy atom. The Balaban J connectivity index is 1.38. The van der Waals surface area contributed by atoms with Gasteiger partial charge in [-0.3, -0.25) is 9.59 Å². The quantitative estimate of drug-likeness (QED) is 0.196. The van der Waals surface area contributed by atoms with Crippen LogP contribution in [-0.4, -0.2) is 38.0 Å². The summed E-state index contributed by atoms with van der Waals surface area (Å²) in [5.41, 5.74) is 2.47. The molecule has 0 bridgehead atoms. The molecule has 0 unspecified atom stereocenters. The van der Waals surface area contributed by atoms with Gasteiger partial charge in [-0.2, -0.15) is 0 Å². The SMILES string of the molecule is COC(=O)c1c(-c2ccc(F)cc2)csc1NC(=O)CCCC(=O)Nc1scc(-c2ccc(F)cc2)c1C(=O)OC. The lowest BCUT2D eigenvalue weighted by Crippen LogP contribution is -2.16. The molecule has 2 N–H and O–H groups in total. The summed E-state index contributed by atoms with van der Waals surface area (Å²) >= 11 is 2.25. The molecule has 41 heavy (non-hydrogen) atoms. The van der Waals surface area contributed by atoms with Crippen LogP contribution in [-0.2, 0) is 19.1 Å². The van der Waals surface area contributed by atoms with Crippen molar-refractivity contribution in [2.24, 2.45) is 0 Å². The van der Waals surface area contributed by atoms with Crippen molar-refractivity contribution in [2.45, 2.75) is 19.3 Å². The van der Waals surface area contributed by atoms with Gasteiger partial charge in [-0.05, 0) is 41.8 Å². The molecule has 0 aliphatic heterocycles. The minimum absolute atomic E-state index is 0.0209. The number of halogens is 2. The lowest BCUT2D eigenvalue weighted by molar-refractivity contribution is -0.117. The molecule has 0 aliphatic rings. The average Bonchev–Trinajstić information content (AvgIpc) is 3.57. The normalized spacial score (nSPS) is 10.6. The van der Waals surface area contributed by atoms with Crippen molar-refractivity contribution in [3.05, 3.63) is 82.1 Å². The number of rotatable bonds is 10. The van der Waals surface area contributed by atoms with Crippen LogP contribution < -0.4 is 10.6 Å². The molecule has 4 rings (SSSR count). The molecule has 2 aromatic carbocycles. The maximum atomic E-state index is 13.4. The summed E-state index contributed by atoms with van der Waals surface area (Å²) in [7, 11) is 2.45. The van der Waals surface area contributed by atoms with Crippen LogP contribution in [0, 0.1) is 11.6 Å². The molecular weight excluding hydrogens is 574 g/mol. The average molecular weight is 599 g/mol. The smallest absolute Gasteiger partial charge is 0.341 e. The van der Waals surface area contributed by atoms with E-state index in [2.05, 4.69) is 10.6 Å². The summed E-state index contributed by atoms with van der Waals surface area (Å²) < 4.78 is 36.5. The number of carbonyl (C=O) groups excluding carboxylic acids is 4. The summed E-state index contributed by atoms with van der Waals surface area (Å²) in [6, 6.07) is 11.2. The summed E-state index contributed by atoms with van der Waals surface area (Å²) in [4.78, 5) is 50.3. The van der Waals surface area contributed by atoms with Crippen LogP contribution >= 0.6 is 22.7 Å². The second-order valence-corrected chi connectivity index (χ2v) is 10.4. The fourth-order valence-corrected chi connectivity index (χ4v) is 5.93. The molecular formula is C29H24F2N2O6S2. The van der Waals surface area contributed by atoms with Crippen LogP contribution in [0.25, 0.3) is 22.3 Å². The van der Waals surface area contributed by atoms with Crippen LogP contribution in [0.1, 0.15) is 40.0 Å². The van der Waals surface area contributed by atoms with E-state index in [0.717, 1.165) is 22.7 Å². The third-order valence-electron chi connectivity index (χ3n) is 5.99. The van der Waals surface area contributed by atoms with Crippen molar-refractivity contribution in [3.8, 4) is 22.3 Å². The lowest BCUT2D eigenvalue weighted by atomic mass is 10.0. The highest BCUT2D eigenvalue weighted by Crippen LogP contribution is 2.37. The first-order chi connectivity index (χ1) is 19.7. The lowest BCUT2D eigenvalue weighted by Gasteiger charge is -2.09. The van der Waals surface area contributed by atoms with Crippen LogP contribution in [0.5, 0.6) is 0 Å². The predicted octanol–water partition coefficient (Wildman–Crippen LogP) is 6.74. The number of amides is 2. The van der Waals surface area contributed by atoms with Gasteiger partial charge < -0.3 is 20.1 Å². The van der Waals surface area contributed by atoms with E-state index in [1.807, 2.05) is 0 Å². The third-order valence-corrected chi connectivity index (χ3v) is 7.78. The van der Waals surface area contributed by atoms with Crippen molar-refractivity contribution in [3.63, 3.8) is 0 Å². The molecule has 4 aromatic rings. The van der Waals surface area contributed by atoms with E-state index in [0.29, 0.717) is 22.3 Å². The molecule has 0 fully saturated rings. The maximum absolute atomic E-state index is 13.4. The van der Waals surface area contributed by atoms with Gasteiger partial charge in [-0.15, -0.1) is 22.7 Å². The van der Waals surface area contributed by atoms with Gasteiger partial charge in [0, 0.05) is 34.7 Å². The minimum atomic E-state index is -0.655. The van der Waals surface area contributed by atoms with Gasteiger partial charge in [-0.1, -0.05) is 24.3 Å². The highest BCUT2D eigenvalue weighted by Gasteiger charge is 2.24. The molecule has 2 aromatic heterocycles. The van der Waals surface area contributed by atoms with Gasteiger partial charge in [0.15, 0.2) is 0 Å². The van der Waals surface area contributed by atoms with Crippen molar-refractivity contribution >= 4 is 56.4 Å². The number of nitrogens with one attached hydrogen (secondary N) is 2. The number of hydrogen-bond donors (Lipinski definition) is 2. The van der Waals surface area contributed by atoms with E-state index < -0.39 is 35.4 Å². The Hall–Kier alpha value is -4.42. The summed E-state index contributed by atoms with van der Waals surface area (Å²) in [5, 5.41) is 9.28. The number of thiophene rings is 2. The highest BCUT2D eigenvalue weighted by molar-refractivity contribution is 7.15. The largest absolute Gasteiger partial charge is 0.465 e. The van der Waals surface area contributed by atoms with Gasteiger partial charge in [0.1, 0.15) is 32.8 Å². The predicted molar refractivity (Wildman–Crippen MR) is 153 cm³/mol. The first-order valence-electron chi connectivity index (χ1n) is 12.2. The van der Waals surface area contributed by atoms with Crippen molar-refractivity contribution < 1.29 is 37.4 Å². The number of carbonyl (C=O) groups is 4. The zero-order chi connectivity index (χ0) is 29.5. The van der Waals surface area contributed by atoms with Gasteiger partial charge in [0.05, 0.1) is 14.2 Å². The monoisotopic (exact) mass is 598 g/mol. The standard InChI is InChI=1S/C29H24F2N2O6S2/c1-38-28(36)24-20(16-6-10-18(30)11-7-16)14-40-26(24)32-22(34)4-3-5-23(35)33-27-25(29(37)39-2)21(15-41-27)17-8-12-19(31)13-9-17/h6-15H,3-5H2,1-2H3,(H,32,34)(H,33,35). The zero-order valence-corrected chi connectivity index (χ0v) is 23.5. The highest BCUT2D eigenvalue weighted by atomic mass is 32.1. The Kier molecular flexibility index (Phi) is 9.58. The van der Waals surface area contributed by atoms with Gasteiger partial charge in [0.25, 0.3) is 0 Å². The molecule has 8 nitrogen and oxygen atoms in total. The molecule has 2 heterocycles. The Morgan fingerprint density at radius 3 is 1.37 bits per heavy atom. The molecule has 0 saturated heterocycles. The summed E-state index contributed by atoms with van der Waals surface area (Å²) in [6.07, 6.45) is 0.144. The molecule has 0 saturated carbocycles. The molecule has 2 amide bonds. The Labute approximate surface area is 241 Å². The van der Waals surface area contributed by atoms with Crippen molar-refractivity contribution in [1.82, 2.24) is 0 Å². The topological polar surface area (TPSA) is 111 Å². The third kappa shape index (κ3) is 7.02. The number of methoxy groups -OCH3 is 2. The summed E-state index contributed by atoms with van der Waals surface area (Å²) in [6.45, 7) is 0. The van der Waals surface area contributed by atoms with E-state index in [1.54, 1.807) is 10.8 Å². The first-order valence-corrected chi connectivity index (χ1v) is 14.0. The number of anilines is 2. The van der Waals surface area contributed by atoms with E-state index in [1.165, 1.54) is 62.8 Å². The summed E-state index contributed by atoms with van der Waals surface area (Å²) in [5.74, 6) is -2.98. The number of ether oxygens (including phenoxy) is 2. The van der Waals surface area contributed by atoms with E-state index in [9.17, 15) is 28.0 Å². The fraction of sp³-hybridized carbons (Fsp3) is 0.172. The van der Waals surface area contributed by atoms with Gasteiger partial charge >= 0.3 is 11.9 Å². The fourth-order valence-electron chi connectivity index (χ4n) is 3.98. The van der Waals surface area contributed by atoms with Gasteiger partial charge in [0.2, 0.25) is 11.8 Å². The number of esters is 2. The van der Waals surface area contributed by atoms with Crippen molar-refractivity contribution in [1.29, 1.82) is 0 Å². The molecule has 212 valence electrons. The van der Waals surface area contributed by atoms with E-state index in [4.69, 9.17) is 9.47 Å². The maximum Gasteiger partial charge on any atom is 0.341 e. The van der Waals surface area contributed by atoms with Crippen molar-refractivity contribution in [2.75, 3.05) is 24.9 Å². The van der Waals surface area contributed by atoms with Crippen LogP contribution in [0.4, 0.5) is 18.8 Å². The van der Waals surface area contributed by atoms with Crippen LogP contribution in [0.15, 0.2) is 59.3 Å². The van der Waals surface area contributed by atoms with Crippen LogP contribution in [0.2, 0.25) is 0 Å².